The van der Waals surface area contributed by atoms with E-state index >= 15 is 0 Å². The average Bonchev–Trinajstić information content (AvgIpc) is 3.26. The Bertz CT molecular complexity index is 1360. The van der Waals surface area contributed by atoms with Crippen LogP contribution in [0.15, 0.2) is 78.9 Å². The molecule has 0 aliphatic heterocycles. The number of hydrogen-bond acceptors (Lipinski definition) is 8. The number of benzene rings is 3. The standard InChI is InChI=1S/C31H35N3O7/c1-30(2,3)41-29(38)34-25(24-22-16-10-8-14-20(22)21-15-9-11-17-23(21)24)40-28(37)31(32,27(35)36)26(33-4)39-18-19-12-6-5-7-13-19/h5-17,24-26,33H,18,32H2,1-4H3,(H,34,38)(H,35,36)/t25?,26-,31-/m0/s1. The van der Waals surface area contributed by atoms with E-state index in [1.54, 1.807) is 45.0 Å². The van der Waals surface area contributed by atoms with Crippen molar-refractivity contribution in [3.05, 3.63) is 95.6 Å². The maximum Gasteiger partial charge on any atom is 0.410 e. The van der Waals surface area contributed by atoms with Crippen molar-refractivity contribution in [1.29, 1.82) is 0 Å². The first kappa shape index (κ1) is 29.7. The van der Waals surface area contributed by atoms with Crippen LogP contribution in [0.25, 0.3) is 11.1 Å². The molecule has 3 aromatic rings. The minimum absolute atomic E-state index is 0.0190. The first-order chi connectivity index (χ1) is 19.5. The van der Waals surface area contributed by atoms with Gasteiger partial charge in [-0.2, -0.15) is 0 Å². The number of rotatable bonds is 10. The largest absolute Gasteiger partial charge is 0.479 e. The van der Waals surface area contributed by atoms with Crippen LogP contribution in [0, 0.1) is 0 Å². The Morgan fingerprint density at radius 2 is 1.44 bits per heavy atom. The molecule has 1 unspecified atom stereocenters. The maximum absolute atomic E-state index is 13.7. The van der Waals surface area contributed by atoms with Gasteiger partial charge in [-0.05, 0) is 55.6 Å². The SMILES string of the molecule is CN[C@@H](OCc1ccccc1)[C@](N)(C(=O)O)C(=O)OC(NC(=O)OC(C)(C)C)C1c2ccccc2-c2ccccc21. The molecule has 10 heteroatoms. The molecule has 3 aromatic carbocycles. The predicted octanol–water partition coefficient (Wildman–Crippen LogP) is 3.74. The van der Waals surface area contributed by atoms with Crippen LogP contribution in [0.5, 0.6) is 0 Å². The molecule has 1 aliphatic carbocycles. The Labute approximate surface area is 238 Å². The van der Waals surface area contributed by atoms with Crippen LogP contribution < -0.4 is 16.4 Å². The third kappa shape index (κ3) is 6.40. The van der Waals surface area contributed by atoms with Gasteiger partial charge in [-0.15, -0.1) is 0 Å². The third-order valence-corrected chi connectivity index (χ3v) is 6.70. The molecule has 0 bridgehead atoms. The summed E-state index contributed by atoms with van der Waals surface area (Å²) in [7, 11) is 1.42. The summed E-state index contributed by atoms with van der Waals surface area (Å²) in [5.41, 5.74) is 6.87. The second kappa shape index (κ2) is 12.1. The molecule has 3 atom stereocenters. The van der Waals surface area contributed by atoms with E-state index in [-0.39, 0.29) is 6.61 Å². The Hall–Kier alpha value is -4.25. The monoisotopic (exact) mass is 561 g/mol. The van der Waals surface area contributed by atoms with Crippen molar-refractivity contribution in [3.8, 4) is 11.1 Å². The molecule has 0 saturated carbocycles. The highest BCUT2D eigenvalue weighted by atomic mass is 16.6. The van der Waals surface area contributed by atoms with Crippen LogP contribution in [0.3, 0.4) is 0 Å². The van der Waals surface area contributed by atoms with Gasteiger partial charge in [0, 0.05) is 0 Å². The van der Waals surface area contributed by atoms with Crippen LogP contribution in [0.2, 0.25) is 0 Å². The molecule has 0 heterocycles. The topological polar surface area (TPSA) is 149 Å². The van der Waals surface area contributed by atoms with Crippen molar-refractivity contribution in [1.82, 2.24) is 10.6 Å². The lowest BCUT2D eigenvalue weighted by atomic mass is 9.94. The second-order valence-electron chi connectivity index (χ2n) is 10.8. The summed E-state index contributed by atoms with van der Waals surface area (Å²) in [6.07, 6.45) is -3.69. The van der Waals surface area contributed by atoms with Crippen LogP contribution in [0.4, 0.5) is 4.79 Å². The number of alkyl carbamates (subject to hydrolysis) is 1. The van der Waals surface area contributed by atoms with Gasteiger partial charge in [-0.25, -0.2) is 14.4 Å². The lowest BCUT2D eigenvalue weighted by Crippen LogP contribution is -2.69. The summed E-state index contributed by atoms with van der Waals surface area (Å²) >= 11 is 0. The minimum Gasteiger partial charge on any atom is -0.479 e. The fraction of sp³-hybridized carbons (Fsp3) is 0.323. The molecule has 5 N–H and O–H groups in total. The number of likely N-dealkylation sites (N-methyl/N-ethyl adjacent to an activating group) is 1. The van der Waals surface area contributed by atoms with Gasteiger partial charge >= 0.3 is 18.0 Å². The maximum atomic E-state index is 13.7. The van der Waals surface area contributed by atoms with Crippen molar-refractivity contribution in [2.45, 2.75) is 56.9 Å². The summed E-state index contributed by atoms with van der Waals surface area (Å²) in [5.74, 6) is -3.64. The average molecular weight is 562 g/mol. The number of ether oxygens (including phenoxy) is 3. The zero-order valence-electron chi connectivity index (χ0n) is 23.4. The Kier molecular flexibility index (Phi) is 8.77. The number of hydrogen-bond donors (Lipinski definition) is 4. The van der Waals surface area contributed by atoms with E-state index in [2.05, 4.69) is 10.6 Å². The van der Waals surface area contributed by atoms with E-state index in [1.807, 2.05) is 54.6 Å². The fourth-order valence-electron chi connectivity index (χ4n) is 4.84. The van der Waals surface area contributed by atoms with Crippen LogP contribution in [0.1, 0.15) is 43.4 Å². The molecule has 0 fully saturated rings. The van der Waals surface area contributed by atoms with Crippen molar-refractivity contribution in [3.63, 3.8) is 0 Å². The Balaban J connectivity index is 1.69. The highest BCUT2D eigenvalue weighted by Crippen LogP contribution is 2.46. The molecular formula is C31H35N3O7. The number of carboxylic acid groups (broad SMARTS) is 1. The fourth-order valence-corrected chi connectivity index (χ4v) is 4.84. The second-order valence-corrected chi connectivity index (χ2v) is 10.8. The summed E-state index contributed by atoms with van der Waals surface area (Å²) in [5, 5.41) is 15.5. The molecule has 10 nitrogen and oxygen atoms in total. The number of amides is 1. The van der Waals surface area contributed by atoms with Crippen molar-refractivity contribution in [2.24, 2.45) is 5.73 Å². The van der Waals surface area contributed by atoms with Gasteiger partial charge in [0.15, 0.2) is 6.23 Å². The number of aliphatic carboxylic acids is 1. The van der Waals surface area contributed by atoms with E-state index in [1.165, 1.54) is 7.05 Å². The van der Waals surface area contributed by atoms with Gasteiger partial charge in [0.25, 0.3) is 5.54 Å². The van der Waals surface area contributed by atoms with Gasteiger partial charge in [0.2, 0.25) is 0 Å². The van der Waals surface area contributed by atoms with Crippen molar-refractivity contribution < 1.29 is 33.7 Å². The number of nitrogens with two attached hydrogens (primary N) is 1. The number of fused-ring (bicyclic) bond motifs is 3. The molecule has 1 aliphatic rings. The van der Waals surface area contributed by atoms with Gasteiger partial charge < -0.3 is 25.1 Å². The number of carboxylic acids is 1. The van der Waals surface area contributed by atoms with E-state index in [0.29, 0.717) is 0 Å². The summed E-state index contributed by atoms with van der Waals surface area (Å²) in [6.45, 7) is 5.08. The van der Waals surface area contributed by atoms with E-state index < -0.39 is 47.5 Å². The lowest BCUT2D eigenvalue weighted by Gasteiger charge is -2.34. The summed E-state index contributed by atoms with van der Waals surface area (Å²) < 4.78 is 17.0. The molecular weight excluding hydrogens is 526 g/mol. The van der Waals surface area contributed by atoms with Crippen molar-refractivity contribution in [2.75, 3.05) is 7.05 Å². The van der Waals surface area contributed by atoms with Crippen LogP contribution in [-0.4, -0.2) is 53.8 Å². The number of esters is 1. The normalized spacial score (nSPS) is 15.5. The van der Waals surface area contributed by atoms with Gasteiger partial charge in [0.1, 0.15) is 11.8 Å². The number of carbonyl (C=O) groups is 3. The number of carbonyl (C=O) groups excluding carboxylic acids is 2. The highest BCUT2D eigenvalue weighted by Gasteiger charge is 2.53. The summed E-state index contributed by atoms with van der Waals surface area (Å²) in [6, 6.07) is 24.1. The Morgan fingerprint density at radius 1 is 0.902 bits per heavy atom. The molecule has 0 saturated heterocycles. The molecule has 216 valence electrons. The van der Waals surface area contributed by atoms with Gasteiger partial charge in [0.05, 0.1) is 12.5 Å². The molecule has 0 aromatic heterocycles. The van der Waals surface area contributed by atoms with Crippen LogP contribution >= 0.6 is 0 Å². The Morgan fingerprint density at radius 3 is 1.95 bits per heavy atom. The molecule has 0 spiro atoms. The van der Waals surface area contributed by atoms with Gasteiger partial charge in [-0.1, -0.05) is 78.9 Å². The van der Waals surface area contributed by atoms with E-state index in [9.17, 15) is 19.5 Å². The number of nitrogens with one attached hydrogen (secondary N) is 2. The lowest BCUT2D eigenvalue weighted by molar-refractivity contribution is -0.176. The highest BCUT2D eigenvalue weighted by molar-refractivity contribution is 6.04. The predicted molar refractivity (Wildman–Crippen MR) is 152 cm³/mol. The first-order valence-electron chi connectivity index (χ1n) is 13.2. The van der Waals surface area contributed by atoms with E-state index in [4.69, 9.17) is 19.9 Å². The third-order valence-electron chi connectivity index (χ3n) is 6.70. The molecule has 41 heavy (non-hydrogen) atoms. The molecule has 4 rings (SSSR count). The minimum atomic E-state index is -2.67. The van der Waals surface area contributed by atoms with Gasteiger partial charge in [-0.3, -0.25) is 10.6 Å². The molecule has 0 radical (unpaired) electrons. The van der Waals surface area contributed by atoms with Crippen molar-refractivity contribution >= 4 is 18.0 Å². The quantitative estimate of drug-likeness (QED) is 0.165. The zero-order valence-corrected chi connectivity index (χ0v) is 23.4. The smallest absolute Gasteiger partial charge is 0.410 e. The van der Waals surface area contributed by atoms with Crippen LogP contribution in [-0.2, 0) is 30.4 Å². The zero-order chi connectivity index (χ0) is 29.8. The first-order valence-corrected chi connectivity index (χ1v) is 13.2. The summed E-state index contributed by atoms with van der Waals surface area (Å²) in [4.78, 5) is 39.2. The molecule has 1 amide bonds. The van der Waals surface area contributed by atoms with E-state index in [0.717, 1.165) is 27.8 Å².